The van der Waals surface area contributed by atoms with E-state index in [4.69, 9.17) is 25.8 Å². The predicted molar refractivity (Wildman–Crippen MR) is 87.5 cm³/mol. The normalized spacial score (nSPS) is 13.2. The number of carbonyl (C=O) groups excluding carboxylic acids is 2. The number of rotatable bonds is 4. The molecule has 2 aromatic rings. The first-order chi connectivity index (χ1) is 11.5. The minimum atomic E-state index is -0.987. The van der Waals surface area contributed by atoms with Crippen LogP contribution in [0, 0.1) is 0 Å². The van der Waals surface area contributed by atoms with Crippen LogP contribution in [0.3, 0.4) is 0 Å². The van der Waals surface area contributed by atoms with Crippen LogP contribution in [0.25, 0.3) is 0 Å². The second-order valence-corrected chi connectivity index (χ2v) is 5.49. The summed E-state index contributed by atoms with van der Waals surface area (Å²) in [6, 6.07) is 11.5. The monoisotopic (exact) mass is 347 g/mol. The van der Waals surface area contributed by atoms with Gasteiger partial charge in [-0.3, -0.25) is 4.79 Å². The molecule has 0 unspecified atom stereocenters. The lowest BCUT2D eigenvalue weighted by molar-refractivity contribution is -0.123. The summed E-state index contributed by atoms with van der Waals surface area (Å²) < 4.78 is 15.6. The van der Waals surface area contributed by atoms with E-state index < -0.39 is 18.0 Å². The number of nitrogens with one attached hydrogen (secondary N) is 1. The van der Waals surface area contributed by atoms with Crippen LogP contribution in [0.5, 0.6) is 11.5 Å². The summed E-state index contributed by atoms with van der Waals surface area (Å²) in [6.45, 7) is 1.63. The van der Waals surface area contributed by atoms with Gasteiger partial charge in [0.05, 0.1) is 10.6 Å². The van der Waals surface area contributed by atoms with Gasteiger partial charge in [-0.15, -0.1) is 0 Å². The SMILES string of the molecule is C[C@H](OC(=O)c1ccccc1Cl)C(=O)Nc1ccc2c(c1)OCO2. The number of benzene rings is 2. The average molecular weight is 348 g/mol. The van der Waals surface area contributed by atoms with Gasteiger partial charge in [-0.1, -0.05) is 23.7 Å². The van der Waals surface area contributed by atoms with Crippen molar-refractivity contribution in [1.82, 2.24) is 0 Å². The number of hydrogen-bond donors (Lipinski definition) is 1. The Morgan fingerprint density at radius 3 is 2.71 bits per heavy atom. The fourth-order valence-electron chi connectivity index (χ4n) is 2.12. The van der Waals surface area contributed by atoms with Crippen molar-refractivity contribution < 1.29 is 23.8 Å². The first kappa shape index (κ1) is 16.1. The predicted octanol–water partition coefficient (Wildman–Crippen LogP) is 3.25. The lowest BCUT2D eigenvalue weighted by atomic mass is 10.2. The van der Waals surface area contributed by atoms with Crippen LogP contribution in [0.4, 0.5) is 5.69 Å². The molecule has 0 fully saturated rings. The summed E-state index contributed by atoms with van der Waals surface area (Å²) in [7, 11) is 0. The summed E-state index contributed by atoms with van der Waals surface area (Å²) >= 11 is 5.94. The maximum Gasteiger partial charge on any atom is 0.340 e. The molecule has 6 nitrogen and oxygen atoms in total. The van der Waals surface area contributed by atoms with Crippen LogP contribution >= 0.6 is 11.6 Å². The maximum absolute atomic E-state index is 12.2. The Morgan fingerprint density at radius 2 is 1.92 bits per heavy atom. The van der Waals surface area contributed by atoms with Crippen molar-refractivity contribution in [3.05, 3.63) is 53.1 Å². The molecule has 1 atom stereocenters. The molecule has 1 aliphatic heterocycles. The van der Waals surface area contributed by atoms with Gasteiger partial charge in [0.15, 0.2) is 17.6 Å². The van der Waals surface area contributed by atoms with Crippen LogP contribution in [0.15, 0.2) is 42.5 Å². The fourth-order valence-corrected chi connectivity index (χ4v) is 2.34. The number of carbonyl (C=O) groups is 2. The molecule has 0 saturated carbocycles. The summed E-state index contributed by atoms with van der Waals surface area (Å²) in [5.41, 5.74) is 0.729. The molecule has 0 bridgehead atoms. The number of esters is 1. The molecular formula is C17H14ClNO5. The Balaban J connectivity index is 1.63. The van der Waals surface area contributed by atoms with E-state index in [1.54, 1.807) is 36.4 Å². The Morgan fingerprint density at radius 1 is 1.17 bits per heavy atom. The zero-order valence-electron chi connectivity index (χ0n) is 12.7. The molecule has 1 aliphatic rings. The molecule has 1 amide bonds. The number of fused-ring (bicyclic) bond motifs is 1. The minimum Gasteiger partial charge on any atom is -0.454 e. The van der Waals surface area contributed by atoms with E-state index >= 15 is 0 Å². The molecule has 7 heteroatoms. The van der Waals surface area contributed by atoms with Crippen LogP contribution in [-0.2, 0) is 9.53 Å². The van der Waals surface area contributed by atoms with Gasteiger partial charge in [0.2, 0.25) is 6.79 Å². The van der Waals surface area contributed by atoms with Crippen LogP contribution < -0.4 is 14.8 Å². The minimum absolute atomic E-state index is 0.151. The van der Waals surface area contributed by atoms with Crippen LogP contribution in [0.1, 0.15) is 17.3 Å². The number of hydrogen-bond acceptors (Lipinski definition) is 5. The highest BCUT2D eigenvalue weighted by atomic mass is 35.5. The Labute approximate surface area is 143 Å². The van der Waals surface area contributed by atoms with Gasteiger partial charge in [-0.05, 0) is 31.2 Å². The third-order valence-corrected chi connectivity index (χ3v) is 3.72. The second kappa shape index (κ2) is 6.80. The molecule has 2 aromatic carbocycles. The highest BCUT2D eigenvalue weighted by Crippen LogP contribution is 2.34. The van der Waals surface area contributed by atoms with Crippen molar-refractivity contribution in [2.45, 2.75) is 13.0 Å². The molecule has 24 heavy (non-hydrogen) atoms. The van der Waals surface area contributed by atoms with Gasteiger partial charge in [-0.2, -0.15) is 0 Å². The standard InChI is InChI=1S/C17H14ClNO5/c1-10(24-17(21)12-4-2-3-5-13(12)18)16(20)19-11-6-7-14-15(8-11)23-9-22-14/h2-8,10H,9H2,1H3,(H,19,20)/t10-/m0/s1. The van der Waals surface area contributed by atoms with Crippen molar-refractivity contribution in [3.8, 4) is 11.5 Å². The van der Waals surface area contributed by atoms with E-state index in [0.29, 0.717) is 17.2 Å². The highest BCUT2D eigenvalue weighted by molar-refractivity contribution is 6.33. The zero-order chi connectivity index (χ0) is 17.1. The molecule has 0 spiro atoms. The van der Waals surface area contributed by atoms with E-state index in [-0.39, 0.29) is 17.4 Å². The molecule has 0 saturated heterocycles. The van der Waals surface area contributed by atoms with Gasteiger partial charge >= 0.3 is 5.97 Å². The van der Waals surface area contributed by atoms with Crippen molar-refractivity contribution >= 4 is 29.2 Å². The summed E-state index contributed by atoms with van der Waals surface area (Å²) in [6.07, 6.45) is -0.987. The largest absolute Gasteiger partial charge is 0.454 e. The molecule has 0 radical (unpaired) electrons. The van der Waals surface area contributed by atoms with Gasteiger partial charge in [0.1, 0.15) is 0 Å². The quantitative estimate of drug-likeness (QED) is 0.859. The summed E-state index contributed by atoms with van der Waals surface area (Å²) in [5.74, 6) is 0.0444. The van der Waals surface area contributed by atoms with Crippen molar-refractivity contribution in [1.29, 1.82) is 0 Å². The first-order valence-electron chi connectivity index (χ1n) is 7.20. The molecule has 1 heterocycles. The number of amides is 1. The van der Waals surface area contributed by atoms with Gasteiger partial charge in [-0.25, -0.2) is 4.79 Å². The number of ether oxygens (including phenoxy) is 3. The van der Waals surface area contributed by atoms with Gasteiger partial charge in [0.25, 0.3) is 5.91 Å². The van der Waals surface area contributed by atoms with Crippen molar-refractivity contribution in [2.75, 3.05) is 12.1 Å². The van der Waals surface area contributed by atoms with Gasteiger partial charge < -0.3 is 19.5 Å². The molecular weight excluding hydrogens is 334 g/mol. The van der Waals surface area contributed by atoms with E-state index in [0.717, 1.165) is 0 Å². The second-order valence-electron chi connectivity index (χ2n) is 5.08. The van der Waals surface area contributed by atoms with Crippen LogP contribution in [0.2, 0.25) is 5.02 Å². The van der Waals surface area contributed by atoms with Crippen molar-refractivity contribution in [2.24, 2.45) is 0 Å². The molecule has 0 aromatic heterocycles. The lowest BCUT2D eigenvalue weighted by Crippen LogP contribution is -2.30. The fraction of sp³-hybridized carbons (Fsp3) is 0.176. The highest BCUT2D eigenvalue weighted by Gasteiger charge is 2.21. The summed E-state index contributed by atoms with van der Waals surface area (Å²) in [5, 5.41) is 2.93. The summed E-state index contributed by atoms with van der Waals surface area (Å²) in [4.78, 5) is 24.2. The van der Waals surface area contributed by atoms with Crippen molar-refractivity contribution in [3.63, 3.8) is 0 Å². The third-order valence-electron chi connectivity index (χ3n) is 3.39. The molecule has 3 rings (SSSR count). The molecule has 1 N–H and O–H groups in total. The topological polar surface area (TPSA) is 73.9 Å². The Hall–Kier alpha value is -2.73. The number of halogens is 1. The third kappa shape index (κ3) is 3.44. The molecule has 124 valence electrons. The Bertz CT molecular complexity index is 792. The zero-order valence-corrected chi connectivity index (χ0v) is 13.5. The smallest absolute Gasteiger partial charge is 0.340 e. The first-order valence-corrected chi connectivity index (χ1v) is 7.58. The van der Waals surface area contributed by atoms with E-state index in [1.807, 2.05) is 0 Å². The number of anilines is 1. The molecule has 0 aliphatic carbocycles. The van der Waals surface area contributed by atoms with E-state index in [2.05, 4.69) is 5.32 Å². The average Bonchev–Trinajstić information content (AvgIpc) is 3.02. The van der Waals surface area contributed by atoms with Gasteiger partial charge in [0, 0.05) is 11.8 Å². The van der Waals surface area contributed by atoms with E-state index in [9.17, 15) is 9.59 Å². The Kier molecular flexibility index (Phi) is 4.57. The van der Waals surface area contributed by atoms with Crippen LogP contribution in [-0.4, -0.2) is 24.8 Å². The van der Waals surface area contributed by atoms with E-state index in [1.165, 1.54) is 13.0 Å². The maximum atomic E-state index is 12.2. The lowest BCUT2D eigenvalue weighted by Gasteiger charge is -2.14.